The molecule has 1 amide bonds. The highest BCUT2D eigenvalue weighted by Crippen LogP contribution is 1.99. The molecule has 0 aliphatic heterocycles. The van der Waals surface area contributed by atoms with Crippen molar-refractivity contribution >= 4 is 35.8 Å². The number of carbonyl (C=O) groups excluding carboxylic acids is 1. The van der Waals surface area contributed by atoms with E-state index in [2.05, 4.69) is 20.9 Å². The quantitative estimate of drug-likeness (QED) is 0.345. The van der Waals surface area contributed by atoms with Gasteiger partial charge in [0.15, 0.2) is 5.96 Å². The van der Waals surface area contributed by atoms with Crippen molar-refractivity contribution in [3.05, 3.63) is 35.9 Å². The Kier molecular flexibility index (Phi) is 12.6. The number of halogens is 1. The number of nitrogens with zero attached hydrogens (tertiary/aromatic N) is 1. The van der Waals surface area contributed by atoms with Gasteiger partial charge in [0.25, 0.3) is 0 Å². The van der Waals surface area contributed by atoms with Crippen molar-refractivity contribution in [2.45, 2.75) is 33.2 Å². The van der Waals surface area contributed by atoms with Crippen molar-refractivity contribution in [2.75, 3.05) is 19.6 Å². The summed E-state index contributed by atoms with van der Waals surface area (Å²) in [5.41, 5.74) is 1.16. The van der Waals surface area contributed by atoms with E-state index in [9.17, 15) is 4.79 Å². The predicted molar refractivity (Wildman–Crippen MR) is 103 cm³/mol. The Balaban J connectivity index is 0.00000441. The third-order valence-electron chi connectivity index (χ3n) is 2.82. The monoisotopic (exact) mass is 418 g/mol. The van der Waals surface area contributed by atoms with Crippen molar-refractivity contribution in [3.63, 3.8) is 0 Å². The largest absolute Gasteiger partial charge is 0.357 e. The summed E-state index contributed by atoms with van der Waals surface area (Å²) < 4.78 is 0. The van der Waals surface area contributed by atoms with Crippen molar-refractivity contribution in [1.29, 1.82) is 0 Å². The van der Waals surface area contributed by atoms with Crippen molar-refractivity contribution in [1.82, 2.24) is 16.0 Å². The van der Waals surface area contributed by atoms with E-state index in [0.717, 1.165) is 31.0 Å². The molecule has 0 aliphatic carbocycles. The predicted octanol–water partition coefficient (Wildman–Crippen LogP) is 2.28. The minimum Gasteiger partial charge on any atom is -0.357 e. The fraction of sp³-hybridized carbons (Fsp3) is 0.500. The Morgan fingerprint density at radius 2 is 1.77 bits per heavy atom. The number of rotatable bonds is 8. The molecule has 0 bridgehead atoms. The van der Waals surface area contributed by atoms with E-state index in [4.69, 9.17) is 0 Å². The number of guanidine groups is 1. The van der Waals surface area contributed by atoms with Crippen LogP contribution in [0.1, 0.15) is 32.3 Å². The van der Waals surface area contributed by atoms with Crippen LogP contribution in [0.2, 0.25) is 0 Å². The lowest BCUT2D eigenvalue weighted by molar-refractivity contribution is -0.120. The highest BCUT2D eigenvalue weighted by atomic mass is 127. The highest BCUT2D eigenvalue weighted by molar-refractivity contribution is 14.0. The first kappa shape index (κ1) is 20.7. The van der Waals surface area contributed by atoms with Crippen LogP contribution in [-0.4, -0.2) is 31.5 Å². The molecule has 0 atom stereocenters. The molecular weight excluding hydrogens is 391 g/mol. The first-order valence-electron chi connectivity index (χ1n) is 7.59. The van der Waals surface area contributed by atoms with Crippen LogP contribution >= 0.6 is 24.0 Å². The molecular formula is C16H27IN4O. The normalized spacial score (nSPS) is 10.5. The SMILES string of the molecule is CCCNC(=O)CCNC(=NCc1ccccc1)NCC.I. The third-order valence-corrected chi connectivity index (χ3v) is 2.82. The molecule has 0 saturated heterocycles. The van der Waals surface area contributed by atoms with Crippen LogP contribution in [0.3, 0.4) is 0 Å². The second-order valence-corrected chi connectivity index (χ2v) is 4.71. The van der Waals surface area contributed by atoms with Gasteiger partial charge in [0.2, 0.25) is 5.91 Å². The van der Waals surface area contributed by atoms with Crippen LogP contribution in [0.5, 0.6) is 0 Å². The number of benzene rings is 1. The lowest BCUT2D eigenvalue weighted by Gasteiger charge is -2.11. The maximum Gasteiger partial charge on any atom is 0.221 e. The summed E-state index contributed by atoms with van der Waals surface area (Å²) in [6, 6.07) is 10.1. The number of amides is 1. The fourth-order valence-electron chi connectivity index (χ4n) is 1.74. The summed E-state index contributed by atoms with van der Waals surface area (Å²) in [5.74, 6) is 0.813. The first-order chi connectivity index (χ1) is 10.3. The van der Waals surface area contributed by atoms with Crippen molar-refractivity contribution in [3.8, 4) is 0 Å². The standard InChI is InChI=1S/C16H26N4O.HI/c1-3-11-18-15(21)10-12-19-16(17-4-2)20-13-14-8-6-5-7-9-14;/h5-9H,3-4,10-13H2,1-2H3,(H,18,21)(H2,17,19,20);1H. The van der Waals surface area contributed by atoms with Crippen LogP contribution in [0.4, 0.5) is 0 Å². The molecule has 6 heteroatoms. The Hall–Kier alpha value is -1.31. The zero-order chi connectivity index (χ0) is 15.3. The van der Waals surface area contributed by atoms with Crippen LogP contribution in [0.25, 0.3) is 0 Å². The molecule has 0 fully saturated rings. The summed E-state index contributed by atoms with van der Waals surface area (Å²) in [7, 11) is 0. The number of carbonyl (C=O) groups is 1. The summed E-state index contributed by atoms with van der Waals surface area (Å²) in [5, 5.41) is 9.21. The number of hydrogen-bond acceptors (Lipinski definition) is 2. The third kappa shape index (κ3) is 9.59. The minimum absolute atomic E-state index is 0. The van der Waals surface area contributed by atoms with E-state index in [1.807, 2.05) is 44.2 Å². The maximum absolute atomic E-state index is 11.5. The molecule has 0 aliphatic rings. The second-order valence-electron chi connectivity index (χ2n) is 4.71. The molecule has 0 radical (unpaired) electrons. The van der Waals surface area contributed by atoms with Gasteiger partial charge in [-0.3, -0.25) is 4.79 Å². The molecule has 3 N–H and O–H groups in total. The number of nitrogens with one attached hydrogen (secondary N) is 3. The molecule has 0 heterocycles. The molecule has 0 unspecified atom stereocenters. The van der Waals surface area contributed by atoms with Gasteiger partial charge in [-0.05, 0) is 18.9 Å². The van der Waals surface area contributed by atoms with Crippen molar-refractivity contribution in [2.24, 2.45) is 4.99 Å². The van der Waals surface area contributed by atoms with Gasteiger partial charge in [0.1, 0.15) is 0 Å². The molecule has 1 aromatic carbocycles. The summed E-state index contributed by atoms with van der Waals surface area (Å²) in [4.78, 5) is 16.0. The first-order valence-corrected chi connectivity index (χ1v) is 7.59. The van der Waals surface area contributed by atoms with Gasteiger partial charge in [-0.25, -0.2) is 4.99 Å². The zero-order valence-corrected chi connectivity index (χ0v) is 15.7. The molecule has 22 heavy (non-hydrogen) atoms. The van der Waals surface area contributed by atoms with Crippen LogP contribution in [0.15, 0.2) is 35.3 Å². The minimum atomic E-state index is 0. The number of hydrogen-bond donors (Lipinski definition) is 3. The average Bonchev–Trinajstić information content (AvgIpc) is 2.51. The maximum atomic E-state index is 11.5. The van der Waals surface area contributed by atoms with Gasteiger partial charge in [0, 0.05) is 26.1 Å². The van der Waals surface area contributed by atoms with Crippen LogP contribution in [0, 0.1) is 0 Å². The van der Waals surface area contributed by atoms with Gasteiger partial charge in [-0.2, -0.15) is 0 Å². The molecule has 0 saturated carbocycles. The van der Waals surface area contributed by atoms with Crippen molar-refractivity contribution < 1.29 is 4.79 Å². The summed E-state index contributed by atoms with van der Waals surface area (Å²) >= 11 is 0. The van der Waals surface area contributed by atoms with Crippen LogP contribution < -0.4 is 16.0 Å². The topological polar surface area (TPSA) is 65.5 Å². The zero-order valence-electron chi connectivity index (χ0n) is 13.4. The molecule has 5 nitrogen and oxygen atoms in total. The second kappa shape index (κ2) is 13.4. The molecule has 0 spiro atoms. The lowest BCUT2D eigenvalue weighted by atomic mass is 10.2. The lowest BCUT2D eigenvalue weighted by Crippen LogP contribution is -2.39. The van der Waals surface area contributed by atoms with Gasteiger partial charge >= 0.3 is 0 Å². The Morgan fingerprint density at radius 3 is 2.41 bits per heavy atom. The molecule has 124 valence electrons. The summed E-state index contributed by atoms with van der Waals surface area (Å²) in [6.07, 6.45) is 1.41. The van der Waals surface area contributed by atoms with E-state index >= 15 is 0 Å². The Morgan fingerprint density at radius 1 is 1.05 bits per heavy atom. The molecule has 0 aromatic heterocycles. The van der Waals surface area contributed by atoms with Gasteiger partial charge < -0.3 is 16.0 Å². The molecule has 1 rings (SSSR count). The molecule has 1 aromatic rings. The van der Waals surface area contributed by atoms with Gasteiger partial charge in [0.05, 0.1) is 6.54 Å². The smallest absolute Gasteiger partial charge is 0.221 e. The van der Waals surface area contributed by atoms with E-state index in [1.165, 1.54) is 0 Å². The van der Waals surface area contributed by atoms with E-state index in [-0.39, 0.29) is 29.9 Å². The van der Waals surface area contributed by atoms with Gasteiger partial charge in [-0.1, -0.05) is 37.3 Å². The Labute approximate surface area is 150 Å². The Bertz CT molecular complexity index is 437. The van der Waals surface area contributed by atoms with E-state index in [0.29, 0.717) is 19.5 Å². The van der Waals surface area contributed by atoms with E-state index < -0.39 is 0 Å². The highest BCUT2D eigenvalue weighted by Gasteiger charge is 2.01. The van der Waals surface area contributed by atoms with Gasteiger partial charge in [-0.15, -0.1) is 24.0 Å². The average molecular weight is 418 g/mol. The van der Waals surface area contributed by atoms with E-state index in [1.54, 1.807) is 0 Å². The summed E-state index contributed by atoms with van der Waals surface area (Å²) in [6.45, 7) is 6.80. The van der Waals surface area contributed by atoms with Crippen LogP contribution in [-0.2, 0) is 11.3 Å². The fourth-order valence-corrected chi connectivity index (χ4v) is 1.74. The number of aliphatic imine (C=N–C) groups is 1.